The van der Waals surface area contributed by atoms with Crippen molar-refractivity contribution < 1.29 is 8.85 Å². The van der Waals surface area contributed by atoms with Crippen LogP contribution in [0.25, 0.3) is 0 Å². The molecule has 0 bridgehead atoms. The van der Waals surface area contributed by atoms with Crippen LogP contribution < -0.4 is 0 Å². The SMILES string of the molecule is C/C(=C/C(C)(C#N)O[Si](C)(C)C)O[Si](C)(C)C. The number of hydrogen-bond donors (Lipinski definition) is 0. The highest BCUT2D eigenvalue weighted by Crippen LogP contribution is 2.22. The number of nitriles is 1. The second kappa shape index (κ2) is 5.38. The highest BCUT2D eigenvalue weighted by Gasteiger charge is 2.30. The van der Waals surface area contributed by atoms with Crippen LogP contribution in [0, 0.1) is 11.3 Å². The van der Waals surface area contributed by atoms with Gasteiger partial charge in [-0.05, 0) is 59.2 Å². The summed E-state index contributed by atoms with van der Waals surface area (Å²) in [6.07, 6.45) is 1.80. The maximum Gasteiger partial charge on any atom is 0.241 e. The molecule has 0 rings (SSSR count). The first-order chi connectivity index (χ1) is 7.37. The van der Waals surface area contributed by atoms with Gasteiger partial charge in [0.15, 0.2) is 13.9 Å². The maximum absolute atomic E-state index is 9.25. The summed E-state index contributed by atoms with van der Waals surface area (Å²) < 4.78 is 11.7. The summed E-state index contributed by atoms with van der Waals surface area (Å²) in [7, 11) is -3.36. The molecule has 0 aromatic rings. The predicted molar refractivity (Wildman–Crippen MR) is 76.6 cm³/mol. The van der Waals surface area contributed by atoms with Crippen LogP contribution in [-0.2, 0) is 8.85 Å². The second-order valence-electron chi connectivity index (χ2n) is 6.40. The average Bonchev–Trinajstić information content (AvgIpc) is 1.95. The van der Waals surface area contributed by atoms with E-state index in [0.717, 1.165) is 5.76 Å². The Hall–Kier alpha value is -0.576. The van der Waals surface area contributed by atoms with Crippen LogP contribution in [0.1, 0.15) is 13.8 Å². The van der Waals surface area contributed by atoms with E-state index in [4.69, 9.17) is 8.85 Å². The Morgan fingerprint density at radius 3 is 1.88 bits per heavy atom. The van der Waals surface area contributed by atoms with Crippen LogP contribution in [0.4, 0.5) is 0 Å². The Labute approximate surface area is 108 Å². The summed E-state index contributed by atoms with van der Waals surface area (Å²) in [6, 6.07) is 2.22. The van der Waals surface area contributed by atoms with Gasteiger partial charge in [-0.3, -0.25) is 0 Å². The van der Waals surface area contributed by atoms with E-state index in [1.165, 1.54) is 0 Å². The molecule has 0 heterocycles. The van der Waals surface area contributed by atoms with Gasteiger partial charge in [0.1, 0.15) is 6.07 Å². The first-order valence-electron chi connectivity index (χ1n) is 5.87. The van der Waals surface area contributed by atoms with E-state index in [-0.39, 0.29) is 0 Å². The largest absolute Gasteiger partial charge is 0.548 e. The zero-order chi connectivity index (χ0) is 13.9. The Bertz CT molecular complexity index is 334. The normalized spacial score (nSPS) is 17.2. The summed E-state index contributed by atoms with van der Waals surface area (Å²) in [5.74, 6) is 0.784. The zero-order valence-electron chi connectivity index (χ0n) is 12.3. The van der Waals surface area contributed by atoms with E-state index < -0.39 is 22.2 Å². The number of nitrogens with zero attached hydrogens (tertiary/aromatic N) is 1. The van der Waals surface area contributed by atoms with Crippen molar-refractivity contribution in [2.45, 2.75) is 58.7 Å². The lowest BCUT2D eigenvalue weighted by atomic mass is 10.1. The maximum atomic E-state index is 9.25. The summed E-state index contributed by atoms with van der Waals surface area (Å²) in [5, 5.41) is 9.25. The molecule has 0 aliphatic heterocycles. The lowest BCUT2D eigenvalue weighted by Gasteiger charge is -2.29. The second-order valence-corrected chi connectivity index (χ2v) is 15.3. The highest BCUT2D eigenvalue weighted by molar-refractivity contribution is 6.70. The highest BCUT2D eigenvalue weighted by atomic mass is 28.4. The van der Waals surface area contributed by atoms with Crippen LogP contribution in [0.15, 0.2) is 11.8 Å². The Morgan fingerprint density at radius 1 is 1.12 bits per heavy atom. The van der Waals surface area contributed by atoms with Gasteiger partial charge in [-0.2, -0.15) is 5.26 Å². The topological polar surface area (TPSA) is 42.2 Å². The van der Waals surface area contributed by atoms with E-state index in [1.807, 2.05) is 6.92 Å². The van der Waals surface area contributed by atoms with Crippen molar-refractivity contribution in [3.05, 3.63) is 11.8 Å². The summed E-state index contributed by atoms with van der Waals surface area (Å²) in [6.45, 7) is 16.3. The Balaban J connectivity index is 4.92. The molecule has 0 amide bonds. The minimum absolute atomic E-state index is 0.784. The molecular weight excluding hydrogens is 246 g/mol. The lowest BCUT2D eigenvalue weighted by Crippen LogP contribution is -2.38. The molecule has 0 N–H and O–H groups in total. The third-order valence-electron chi connectivity index (χ3n) is 1.69. The molecular formula is C12H25NO2Si2. The summed E-state index contributed by atoms with van der Waals surface area (Å²) in [5.41, 5.74) is -0.881. The van der Waals surface area contributed by atoms with Crippen LogP contribution in [-0.4, -0.2) is 22.2 Å². The summed E-state index contributed by atoms with van der Waals surface area (Å²) >= 11 is 0. The summed E-state index contributed by atoms with van der Waals surface area (Å²) in [4.78, 5) is 0. The van der Waals surface area contributed by atoms with Crippen molar-refractivity contribution >= 4 is 16.6 Å². The molecule has 0 aromatic carbocycles. The Kier molecular flexibility index (Phi) is 5.20. The molecule has 0 aliphatic rings. The van der Waals surface area contributed by atoms with Crippen molar-refractivity contribution in [1.82, 2.24) is 0 Å². The quantitative estimate of drug-likeness (QED) is 0.563. The fraction of sp³-hybridized carbons (Fsp3) is 0.750. The molecule has 1 atom stereocenters. The van der Waals surface area contributed by atoms with E-state index in [0.29, 0.717) is 0 Å². The first-order valence-corrected chi connectivity index (χ1v) is 12.7. The van der Waals surface area contributed by atoms with Gasteiger partial charge in [-0.25, -0.2) is 0 Å². The molecule has 5 heteroatoms. The lowest BCUT2D eigenvalue weighted by molar-refractivity contribution is 0.187. The molecule has 3 nitrogen and oxygen atoms in total. The molecule has 1 unspecified atom stereocenters. The molecule has 0 aromatic heterocycles. The number of hydrogen-bond acceptors (Lipinski definition) is 3. The van der Waals surface area contributed by atoms with Gasteiger partial charge >= 0.3 is 0 Å². The van der Waals surface area contributed by atoms with Gasteiger partial charge in [-0.15, -0.1) is 0 Å². The van der Waals surface area contributed by atoms with Crippen molar-refractivity contribution in [2.75, 3.05) is 0 Å². The van der Waals surface area contributed by atoms with Crippen LogP contribution >= 0.6 is 0 Å². The van der Waals surface area contributed by atoms with E-state index in [9.17, 15) is 5.26 Å². The van der Waals surface area contributed by atoms with Gasteiger partial charge in [-0.1, -0.05) is 0 Å². The number of allylic oxidation sites excluding steroid dienone is 1. The van der Waals surface area contributed by atoms with E-state index in [1.54, 1.807) is 13.0 Å². The molecule has 0 radical (unpaired) electrons. The fourth-order valence-corrected chi connectivity index (χ4v) is 4.02. The molecule has 0 saturated heterocycles. The van der Waals surface area contributed by atoms with Crippen molar-refractivity contribution in [3.8, 4) is 6.07 Å². The van der Waals surface area contributed by atoms with Crippen molar-refractivity contribution in [1.29, 1.82) is 5.26 Å². The minimum Gasteiger partial charge on any atom is -0.548 e. The van der Waals surface area contributed by atoms with Crippen molar-refractivity contribution in [3.63, 3.8) is 0 Å². The average molecular weight is 272 g/mol. The third kappa shape index (κ3) is 8.19. The third-order valence-corrected chi connectivity index (χ3v) is 3.66. The van der Waals surface area contributed by atoms with Crippen LogP contribution in [0.5, 0.6) is 0 Å². The van der Waals surface area contributed by atoms with Crippen molar-refractivity contribution in [2.24, 2.45) is 0 Å². The Morgan fingerprint density at radius 2 is 1.59 bits per heavy atom. The molecule has 98 valence electrons. The van der Waals surface area contributed by atoms with Gasteiger partial charge in [0.05, 0.1) is 5.76 Å². The first kappa shape index (κ1) is 16.4. The fourth-order valence-electron chi connectivity index (χ4n) is 1.62. The zero-order valence-corrected chi connectivity index (χ0v) is 14.3. The molecule has 0 saturated carbocycles. The van der Waals surface area contributed by atoms with Crippen LogP contribution in [0.3, 0.4) is 0 Å². The van der Waals surface area contributed by atoms with Gasteiger partial charge < -0.3 is 8.85 Å². The minimum atomic E-state index is -1.75. The molecule has 0 spiro atoms. The van der Waals surface area contributed by atoms with E-state index in [2.05, 4.69) is 45.4 Å². The van der Waals surface area contributed by atoms with Gasteiger partial charge in [0.2, 0.25) is 8.32 Å². The van der Waals surface area contributed by atoms with Gasteiger partial charge in [0, 0.05) is 0 Å². The molecule has 0 fully saturated rings. The molecule has 17 heavy (non-hydrogen) atoms. The van der Waals surface area contributed by atoms with E-state index >= 15 is 0 Å². The number of rotatable bonds is 5. The monoisotopic (exact) mass is 271 g/mol. The van der Waals surface area contributed by atoms with Crippen LogP contribution in [0.2, 0.25) is 39.3 Å². The predicted octanol–water partition coefficient (Wildman–Crippen LogP) is 3.88. The van der Waals surface area contributed by atoms with Gasteiger partial charge in [0.25, 0.3) is 0 Å². The smallest absolute Gasteiger partial charge is 0.241 e. The molecule has 0 aliphatic carbocycles. The standard InChI is InChI=1S/C12H25NO2Si2/c1-11(14-16(3,4)5)9-12(2,10-13)15-17(6,7)8/h9H,1-8H3/b11-9-.